The lowest BCUT2D eigenvalue weighted by molar-refractivity contribution is 0.688. The van der Waals surface area contributed by atoms with Crippen molar-refractivity contribution in [3.8, 4) is 0 Å². The van der Waals surface area contributed by atoms with Crippen molar-refractivity contribution < 1.29 is 0 Å². The molecule has 0 aliphatic rings. The molecule has 0 aliphatic carbocycles. The molecule has 80 valence electrons. The minimum Gasteiger partial charge on any atom is -0.315 e. The van der Waals surface area contributed by atoms with Crippen LogP contribution in [0.3, 0.4) is 0 Å². The van der Waals surface area contributed by atoms with Crippen LogP contribution in [0.4, 0.5) is 0 Å². The van der Waals surface area contributed by atoms with Gasteiger partial charge in [0.15, 0.2) is 0 Å². The number of thiophene rings is 1. The van der Waals surface area contributed by atoms with Crippen LogP contribution in [0.25, 0.3) is 0 Å². The lowest BCUT2D eigenvalue weighted by Crippen LogP contribution is -2.12. The second-order valence-electron chi connectivity index (χ2n) is 2.98. The SMILES string of the molecule is O=c1[nH]c(CNCc2ccc(Cl)s2)cs1. The first-order valence-corrected chi connectivity index (χ1v) is 6.43. The summed E-state index contributed by atoms with van der Waals surface area (Å²) in [5, 5.41) is 5.06. The highest BCUT2D eigenvalue weighted by atomic mass is 35.5. The molecule has 0 aromatic carbocycles. The van der Waals surface area contributed by atoms with E-state index in [0.29, 0.717) is 6.54 Å². The summed E-state index contributed by atoms with van der Waals surface area (Å²) >= 11 is 8.55. The molecule has 0 atom stereocenters. The molecule has 2 aromatic heterocycles. The Morgan fingerprint density at radius 2 is 2.27 bits per heavy atom. The Bertz CT molecular complexity index is 488. The Labute approximate surface area is 99.7 Å². The van der Waals surface area contributed by atoms with Gasteiger partial charge < -0.3 is 10.3 Å². The third-order valence-corrected chi connectivity index (χ3v) is 3.76. The van der Waals surface area contributed by atoms with Crippen LogP contribution in [-0.4, -0.2) is 4.98 Å². The van der Waals surface area contributed by atoms with Gasteiger partial charge in [0, 0.05) is 29.0 Å². The number of aromatic amines is 1. The Morgan fingerprint density at radius 1 is 1.40 bits per heavy atom. The molecule has 2 aromatic rings. The number of aromatic nitrogens is 1. The van der Waals surface area contributed by atoms with Crippen molar-refractivity contribution in [1.82, 2.24) is 10.3 Å². The molecule has 0 saturated heterocycles. The molecule has 0 fully saturated rings. The molecule has 6 heteroatoms. The molecule has 15 heavy (non-hydrogen) atoms. The van der Waals surface area contributed by atoms with E-state index < -0.39 is 0 Å². The standard InChI is InChI=1S/C9H9ClN2OS2/c10-8-2-1-7(15-8)4-11-3-6-5-14-9(13)12-6/h1-2,5,11H,3-4H2,(H,12,13). The lowest BCUT2D eigenvalue weighted by Gasteiger charge is -1.99. The first kappa shape index (κ1) is 10.9. The fraction of sp³-hybridized carbons (Fsp3) is 0.222. The molecule has 2 heterocycles. The molecule has 3 nitrogen and oxygen atoms in total. The van der Waals surface area contributed by atoms with Crippen LogP contribution >= 0.6 is 34.3 Å². The summed E-state index contributed by atoms with van der Waals surface area (Å²) in [5.41, 5.74) is 0.924. The minimum atomic E-state index is -0.00836. The maximum absolute atomic E-state index is 10.8. The highest BCUT2D eigenvalue weighted by Crippen LogP contribution is 2.20. The van der Waals surface area contributed by atoms with E-state index in [1.807, 2.05) is 17.5 Å². The molecule has 2 rings (SSSR count). The summed E-state index contributed by atoms with van der Waals surface area (Å²) in [5.74, 6) is 0. The Hall–Kier alpha value is -0.620. The van der Waals surface area contributed by atoms with Crippen molar-refractivity contribution in [1.29, 1.82) is 0 Å². The monoisotopic (exact) mass is 260 g/mol. The molecule has 0 spiro atoms. The normalized spacial score (nSPS) is 10.7. The van der Waals surface area contributed by atoms with Gasteiger partial charge in [0.1, 0.15) is 0 Å². The van der Waals surface area contributed by atoms with Gasteiger partial charge in [0.05, 0.1) is 4.34 Å². The Balaban J connectivity index is 1.82. The summed E-state index contributed by atoms with van der Waals surface area (Å²) < 4.78 is 0.802. The first-order valence-electron chi connectivity index (χ1n) is 4.35. The van der Waals surface area contributed by atoms with Gasteiger partial charge >= 0.3 is 4.87 Å². The summed E-state index contributed by atoms with van der Waals surface area (Å²) in [7, 11) is 0. The predicted molar refractivity (Wildman–Crippen MR) is 64.8 cm³/mol. The van der Waals surface area contributed by atoms with Gasteiger partial charge in [0.2, 0.25) is 0 Å². The topological polar surface area (TPSA) is 44.9 Å². The largest absolute Gasteiger partial charge is 0.315 e. The van der Waals surface area contributed by atoms with Crippen LogP contribution in [0.1, 0.15) is 10.6 Å². The second kappa shape index (κ2) is 4.94. The third kappa shape index (κ3) is 3.17. The van der Waals surface area contributed by atoms with Crippen LogP contribution in [0.5, 0.6) is 0 Å². The fourth-order valence-electron chi connectivity index (χ4n) is 1.17. The predicted octanol–water partition coefficient (Wildman–Crippen LogP) is 2.44. The van der Waals surface area contributed by atoms with Crippen LogP contribution in [-0.2, 0) is 13.1 Å². The molecule has 0 bridgehead atoms. The summed E-state index contributed by atoms with van der Waals surface area (Å²) in [6.45, 7) is 1.45. The van der Waals surface area contributed by atoms with Crippen molar-refractivity contribution in [3.63, 3.8) is 0 Å². The number of thiazole rings is 1. The van der Waals surface area contributed by atoms with E-state index in [0.717, 1.165) is 16.6 Å². The van der Waals surface area contributed by atoms with E-state index >= 15 is 0 Å². The maximum atomic E-state index is 10.8. The average Bonchev–Trinajstić information content (AvgIpc) is 2.76. The minimum absolute atomic E-state index is 0.00836. The van der Waals surface area contributed by atoms with E-state index in [2.05, 4.69) is 10.3 Å². The van der Waals surface area contributed by atoms with Crippen molar-refractivity contribution in [3.05, 3.63) is 42.1 Å². The van der Waals surface area contributed by atoms with Gasteiger partial charge in [-0.25, -0.2) is 0 Å². The number of rotatable bonds is 4. The molecular formula is C9H9ClN2OS2. The first-order chi connectivity index (χ1) is 7.24. The molecule has 0 amide bonds. The highest BCUT2D eigenvalue weighted by Gasteiger charge is 1.99. The summed E-state index contributed by atoms with van der Waals surface area (Å²) in [4.78, 5) is 14.8. The van der Waals surface area contributed by atoms with Crippen LogP contribution < -0.4 is 10.2 Å². The molecule has 0 aliphatic heterocycles. The fourth-order valence-corrected chi connectivity index (χ4v) is 2.81. The zero-order valence-corrected chi connectivity index (χ0v) is 10.1. The number of halogens is 1. The van der Waals surface area contributed by atoms with Crippen molar-refractivity contribution >= 4 is 34.3 Å². The van der Waals surface area contributed by atoms with E-state index in [9.17, 15) is 4.79 Å². The average molecular weight is 261 g/mol. The number of hydrogen-bond acceptors (Lipinski definition) is 4. The van der Waals surface area contributed by atoms with Gasteiger partial charge in [-0.1, -0.05) is 22.9 Å². The van der Waals surface area contributed by atoms with E-state index in [-0.39, 0.29) is 4.87 Å². The number of nitrogens with one attached hydrogen (secondary N) is 2. The van der Waals surface area contributed by atoms with Gasteiger partial charge in [0.25, 0.3) is 0 Å². The third-order valence-electron chi connectivity index (χ3n) is 1.81. The Kier molecular flexibility index (Phi) is 3.58. The molecule has 0 radical (unpaired) electrons. The maximum Gasteiger partial charge on any atom is 0.304 e. The van der Waals surface area contributed by atoms with E-state index in [1.165, 1.54) is 16.2 Å². The summed E-state index contributed by atoms with van der Waals surface area (Å²) in [6.07, 6.45) is 0. The van der Waals surface area contributed by atoms with E-state index in [1.54, 1.807) is 11.3 Å². The lowest BCUT2D eigenvalue weighted by atomic mass is 10.4. The molecule has 0 saturated carbocycles. The van der Waals surface area contributed by atoms with Crippen molar-refractivity contribution in [2.24, 2.45) is 0 Å². The van der Waals surface area contributed by atoms with Crippen molar-refractivity contribution in [2.45, 2.75) is 13.1 Å². The molecule has 2 N–H and O–H groups in total. The van der Waals surface area contributed by atoms with Crippen molar-refractivity contribution in [2.75, 3.05) is 0 Å². The van der Waals surface area contributed by atoms with Gasteiger partial charge in [-0.3, -0.25) is 4.79 Å². The van der Waals surface area contributed by atoms with Crippen LogP contribution in [0, 0.1) is 0 Å². The number of H-pyrrole nitrogens is 1. The second-order valence-corrected chi connectivity index (χ2v) is 5.62. The smallest absolute Gasteiger partial charge is 0.304 e. The number of hydrogen-bond donors (Lipinski definition) is 2. The highest BCUT2D eigenvalue weighted by molar-refractivity contribution is 7.16. The summed E-state index contributed by atoms with van der Waals surface area (Å²) in [6, 6.07) is 3.88. The van der Waals surface area contributed by atoms with Crippen LogP contribution in [0.2, 0.25) is 4.34 Å². The zero-order valence-electron chi connectivity index (χ0n) is 7.75. The van der Waals surface area contributed by atoms with Gasteiger partial charge in [-0.2, -0.15) is 0 Å². The van der Waals surface area contributed by atoms with Gasteiger partial charge in [-0.15, -0.1) is 11.3 Å². The van der Waals surface area contributed by atoms with Crippen LogP contribution in [0.15, 0.2) is 22.3 Å². The Morgan fingerprint density at radius 3 is 2.87 bits per heavy atom. The van der Waals surface area contributed by atoms with E-state index in [4.69, 9.17) is 11.6 Å². The van der Waals surface area contributed by atoms with Gasteiger partial charge in [-0.05, 0) is 12.1 Å². The molecular weight excluding hydrogens is 252 g/mol. The zero-order chi connectivity index (χ0) is 10.7. The molecule has 0 unspecified atom stereocenters. The quantitative estimate of drug-likeness (QED) is 0.887.